The fourth-order valence-corrected chi connectivity index (χ4v) is 6.70. The van der Waals surface area contributed by atoms with Gasteiger partial charge in [0.25, 0.3) is 0 Å². The average molecular weight is 405 g/mol. The van der Waals surface area contributed by atoms with Crippen molar-refractivity contribution in [3.63, 3.8) is 0 Å². The van der Waals surface area contributed by atoms with Crippen LogP contribution in [0.1, 0.15) is 39.4 Å². The van der Waals surface area contributed by atoms with Crippen molar-refractivity contribution in [2.24, 2.45) is 5.41 Å². The molecule has 0 spiro atoms. The molecule has 1 unspecified atom stereocenters. The smallest absolute Gasteiger partial charge is 0.192 e. The zero-order valence-corrected chi connectivity index (χ0v) is 18.2. The maximum absolute atomic E-state index is 6.75. The number of rotatable bonds is 10. The van der Waals surface area contributed by atoms with Crippen LogP contribution in [-0.2, 0) is 9.16 Å². The second-order valence-electron chi connectivity index (χ2n) is 7.30. The molecule has 0 amide bonds. The molecule has 2 heterocycles. The quantitative estimate of drug-likeness (QED) is 0.552. The van der Waals surface area contributed by atoms with E-state index in [2.05, 4.69) is 38.0 Å². The maximum Gasteiger partial charge on any atom is 0.192 e. The number of halogens is 2. The molecule has 2 rings (SSSR count). The fourth-order valence-electron chi connectivity index (χ4n) is 3.29. The van der Waals surface area contributed by atoms with Crippen LogP contribution in [0.15, 0.2) is 12.4 Å². The number of nitrogens with one attached hydrogen (secondary N) is 1. The summed E-state index contributed by atoms with van der Waals surface area (Å²) in [5.41, 5.74) is 1.07. The molecule has 1 aliphatic rings. The minimum absolute atomic E-state index is 0.154. The Morgan fingerprint density at radius 3 is 2.20 bits per heavy atom. The lowest BCUT2D eigenvalue weighted by molar-refractivity contribution is -0.0995. The first-order chi connectivity index (χ1) is 11.9. The summed E-state index contributed by atoms with van der Waals surface area (Å²) >= 11 is 12.9. The van der Waals surface area contributed by atoms with Crippen molar-refractivity contribution < 1.29 is 9.16 Å². The van der Waals surface area contributed by atoms with Crippen LogP contribution < -0.4 is 5.32 Å². The molecule has 142 valence electrons. The Labute approximate surface area is 162 Å². The van der Waals surface area contributed by atoms with Crippen molar-refractivity contribution in [2.75, 3.05) is 26.3 Å². The van der Waals surface area contributed by atoms with Gasteiger partial charge in [-0.3, -0.25) is 4.98 Å². The summed E-state index contributed by atoms with van der Waals surface area (Å²) in [4.78, 5) is 4.08. The summed E-state index contributed by atoms with van der Waals surface area (Å²) in [5.74, 6) is 0. The summed E-state index contributed by atoms with van der Waals surface area (Å²) in [6.45, 7) is 12.1. The molecule has 1 saturated heterocycles. The van der Waals surface area contributed by atoms with E-state index in [-0.39, 0.29) is 11.5 Å². The first kappa shape index (κ1) is 21.1. The first-order valence-corrected chi connectivity index (χ1v) is 12.4. The van der Waals surface area contributed by atoms with Gasteiger partial charge in [-0.2, -0.15) is 0 Å². The average Bonchev–Trinajstić information content (AvgIpc) is 2.57. The Hall–Kier alpha value is -0.173. The first-order valence-electron chi connectivity index (χ1n) is 9.14. The van der Waals surface area contributed by atoms with Crippen LogP contribution >= 0.6 is 23.2 Å². The SMILES string of the molecule is CC[Si](CC)(CC)OC(CNCC1(C)COC1)c1c(Cl)cncc1Cl. The fraction of sp³-hybridized carbons (Fsp3) is 0.722. The van der Waals surface area contributed by atoms with E-state index in [9.17, 15) is 0 Å². The Balaban J connectivity index is 2.18. The van der Waals surface area contributed by atoms with Crippen molar-refractivity contribution in [2.45, 2.75) is 51.9 Å². The van der Waals surface area contributed by atoms with Crippen LogP contribution in [0.25, 0.3) is 0 Å². The molecule has 1 N–H and O–H groups in total. The molecule has 7 heteroatoms. The van der Waals surface area contributed by atoms with E-state index in [0.29, 0.717) is 16.6 Å². The predicted octanol–water partition coefficient (Wildman–Crippen LogP) is 5.08. The molecular formula is C18H30Cl2N2O2Si. The summed E-state index contributed by atoms with van der Waals surface area (Å²) < 4.78 is 12.1. The third kappa shape index (κ3) is 5.18. The molecule has 0 bridgehead atoms. The van der Waals surface area contributed by atoms with Gasteiger partial charge in [-0.15, -0.1) is 0 Å². The third-order valence-electron chi connectivity index (χ3n) is 5.32. The van der Waals surface area contributed by atoms with Crippen LogP contribution in [0.5, 0.6) is 0 Å². The third-order valence-corrected chi connectivity index (χ3v) is 10.6. The monoisotopic (exact) mass is 404 g/mol. The summed E-state index contributed by atoms with van der Waals surface area (Å²) in [7, 11) is -1.80. The van der Waals surface area contributed by atoms with E-state index < -0.39 is 8.32 Å². The van der Waals surface area contributed by atoms with Gasteiger partial charge in [-0.05, 0) is 18.1 Å². The standard InChI is InChI=1S/C18H30Cl2N2O2Si/c1-5-25(6-2,7-3)24-16(10-22-11-18(4)12-23-13-18)17-14(19)8-21-9-15(17)20/h8-9,16,22H,5-7,10-13H2,1-4H3. The highest BCUT2D eigenvalue weighted by Crippen LogP contribution is 2.36. The van der Waals surface area contributed by atoms with Gasteiger partial charge in [0, 0.05) is 36.5 Å². The van der Waals surface area contributed by atoms with Gasteiger partial charge in [0.05, 0.1) is 29.4 Å². The molecular weight excluding hydrogens is 375 g/mol. The Morgan fingerprint density at radius 2 is 1.76 bits per heavy atom. The predicted molar refractivity (Wildman–Crippen MR) is 107 cm³/mol. The largest absolute Gasteiger partial charge is 0.409 e. The van der Waals surface area contributed by atoms with Crippen LogP contribution in [-0.4, -0.2) is 39.6 Å². The Morgan fingerprint density at radius 1 is 1.20 bits per heavy atom. The molecule has 25 heavy (non-hydrogen) atoms. The van der Waals surface area contributed by atoms with Crippen LogP contribution in [0.2, 0.25) is 28.2 Å². The minimum atomic E-state index is -1.80. The lowest BCUT2D eigenvalue weighted by atomic mass is 9.89. The van der Waals surface area contributed by atoms with Crippen molar-refractivity contribution in [3.05, 3.63) is 28.0 Å². The zero-order chi connectivity index (χ0) is 18.5. The number of pyridine rings is 1. The highest BCUT2D eigenvalue weighted by Gasteiger charge is 2.36. The van der Waals surface area contributed by atoms with Crippen molar-refractivity contribution >= 4 is 31.5 Å². The van der Waals surface area contributed by atoms with E-state index in [4.69, 9.17) is 32.4 Å². The van der Waals surface area contributed by atoms with Crippen LogP contribution in [0, 0.1) is 5.41 Å². The molecule has 1 fully saturated rings. The highest BCUT2D eigenvalue weighted by atomic mass is 35.5. The van der Waals surface area contributed by atoms with Crippen LogP contribution in [0.3, 0.4) is 0 Å². The molecule has 0 aromatic carbocycles. The molecule has 1 aliphatic heterocycles. The molecule has 1 aromatic heterocycles. The number of ether oxygens (including phenoxy) is 1. The van der Waals surface area contributed by atoms with E-state index in [0.717, 1.165) is 43.5 Å². The van der Waals surface area contributed by atoms with Crippen molar-refractivity contribution in [1.29, 1.82) is 0 Å². The zero-order valence-electron chi connectivity index (χ0n) is 15.7. The number of hydrogen-bond acceptors (Lipinski definition) is 4. The van der Waals surface area contributed by atoms with Gasteiger partial charge in [0.15, 0.2) is 8.32 Å². The molecule has 0 saturated carbocycles. The molecule has 0 radical (unpaired) electrons. The van der Waals surface area contributed by atoms with Gasteiger partial charge in [0.2, 0.25) is 0 Å². The minimum Gasteiger partial charge on any atom is -0.409 e. The maximum atomic E-state index is 6.75. The number of nitrogens with zero attached hydrogens (tertiary/aromatic N) is 1. The van der Waals surface area contributed by atoms with E-state index in [1.54, 1.807) is 12.4 Å². The van der Waals surface area contributed by atoms with E-state index >= 15 is 0 Å². The second kappa shape index (κ2) is 9.15. The Kier molecular flexibility index (Phi) is 7.74. The van der Waals surface area contributed by atoms with Crippen molar-refractivity contribution in [1.82, 2.24) is 10.3 Å². The molecule has 1 atom stereocenters. The van der Waals surface area contributed by atoms with E-state index in [1.807, 2.05) is 0 Å². The molecule has 4 nitrogen and oxygen atoms in total. The van der Waals surface area contributed by atoms with Gasteiger partial charge in [-0.1, -0.05) is 50.9 Å². The molecule has 1 aromatic rings. The number of hydrogen-bond donors (Lipinski definition) is 1. The Bertz CT molecular complexity index is 537. The topological polar surface area (TPSA) is 43.4 Å². The lowest BCUT2D eigenvalue weighted by Gasteiger charge is -2.39. The normalized spacial score (nSPS) is 18.0. The van der Waals surface area contributed by atoms with Crippen molar-refractivity contribution in [3.8, 4) is 0 Å². The van der Waals surface area contributed by atoms with Gasteiger partial charge >= 0.3 is 0 Å². The summed E-state index contributed by atoms with van der Waals surface area (Å²) in [6, 6.07) is 3.26. The van der Waals surface area contributed by atoms with E-state index in [1.165, 1.54) is 0 Å². The molecule has 0 aliphatic carbocycles. The highest BCUT2D eigenvalue weighted by molar-refractivity contribution is 6.73. The second-order valence-corrected chi connectivity index (χ2v) is 12.8. The van der Waals surface area contributed by atoms with Gasteiger partial charge in [-0.25, -0.2) is 0 Å². The summed E-state index contributed by atoms with van der Waals surface area (Å²) in [6.07, 6.45) is 3.14. The van der Waals surface area contributed by atoms with Crippen LogP contribution in [0.4, 0.5) is 0 Å². The number of aromatic nitrogens is 1. The van der Waals surface area contributed by atoms with Gasteiger partial charge < -0.3 is 14.5 Å². The lowest BCUT2D eigenvalue weighted by Crippen LogP contribution is -2.48. The van der Waals surface area contributed by atoms with Gasteiger partial charge in [0.1, 0.15) is 0 Å². The summed E-state index contributed by atoms with van der Waals surface area (Å²) in [5, 5.41) is 4.70.